The minimum Gasteiger partial charge on any atom is -0.459 e. The van der Waals surface area contributed by atoms with Crippen molar-refractivity contribution in [3.05, 3.63) is 35.6 Å². The predicted octanol–water partition coefficient (Wildman–Crippen LogP) is 3.10. The first-order valence-electron chi connectivity index (χ1n) is 9.96. The van der Waals surface area contributed by atoms with E-state index in [1.807, 2.05) is 25.1 Å². The molecule has 0 atom stereocenters. The summed E-state index contributed by atoms with van der Waals surface area (Å²) >= 11 is 0. The second-order valence-electron chi connectivity index (χ2n) is 7.04. The highest BCUT2D eigenvalue weighted by molar-refractivity contribution is 5.82. The Morgan fingerprint density at radius 3 is 2.67 bits per heavy atom. The van der Waals surface area contributed by atoms with E-state index in [0.717, 1.165) is 60.6 Å². The Labute approximate surface area is 160 Å². The number of furan rings is 1. The fraction of sp³-hybridized carbons (Fsp3) is 0.524. The van der Waals surface area contributed by atoms with Gasteiger partial charge in [-0.05, 0) is 39.2 Å². The van der Waals surface area contributed by atoms with Gasteiger partial charge in [-0.15, -0.1) is 0 Å². The number of para-hydroxylation sites is 1. The lowest BCUT2D eigenvalue weighted by Gasteiger charge is -2.24. The van der Waals surface area contributed by atoms with Crippen LogP contribution in [0.2, 0.25) is 0 Å². The summed E-state index contributed by atoms with van der Waals surface area (Å²) in [7, 11) is 0. The van der Waals surface area contributed by atoms with Crippen LogP contribution in [0.3, 0.4) is 0 Å². The molecule has 1 aliphatic carbocycles. The standard InChI is InChI=1S/C21H30N4O2/c1-3-22-21(24-13-7-12-23-20(26)16-8-6-9-16)25-14-19-15(2)17-10-4-5-11-18(17)27-19/h4-5,10-11,16H,3,6-9,12-14H2,1-2H3,(H,23,26)(H2,22,24,25). The maximum Gasteiger partial charge on any atom is 0.223 e. The molecule has 0 radical (unpaired) electrons. The molecule has 3 N–H and O–H groups in total. The number of nitrogens with one attached hydrogen (secondary N) is 3. The molecule has 0 spiro atoms. The molecule has 1 saturated carbocycles. The number of hydrogen-bond acceptors (Lipinski definition) is 3. The molecule has 0 aliphatic heterocycles. The minimum absolute atomic E-state index is 0.210. The van der Waals surface area contributed by atoms with Gasteiger partial charge in [-0.25, -0.2) is 4.99 Å². The topological polar surface area (TPSA) is 78.7 Å². The summed E-state index contributed by atoms with van der Waals surface area (Å²) in [5.41, 5.74) is 2.05. The van der Waals surface area contributed by atoms with Gasteiger partial charge in [-0.3, -0.25) is 4.79 Å². The van der Waals surface area contributed by atoms with Crippen LogP contribution in [-0.2, 0) is 11.3 Å². The number of aryl methyl sites for hydroxylation is 1. The van der Waals surface area contributed by atoms with Gasteiger partial charge in [0.05, 0.1) is 0 Å². The summed E-state index contributed by atoms with van der Waals surface area (Å²) in [6.45, 7) is 6.86. The Kier molecular flexibility index (Phi) is 6.74. The molecule has 3 rings (SSSR count). The maximum atomic E-state index is 11.8. The van der Waals surface area contributed by atoms with E-state index in [2.05, 4.69) is 33.9 Å². The molecule has 1 aromatic carbocycles. The van der Waals surface area contributed by atoms with Crippen LogP contribution in [0.5, 0.6) is 0 Å². The molecule has 6 nitrogen and oxygen atoms in total. The van der Waals surface area contributed by atoms with E-state index in [1.165, 1.54) is 6.42 Å². The van der Waals surface area contributed by atoms with Gasteiger partial charge in [0.15, 0.2) is 5.96 Å². The summed E-state index contributed by atoms with van der Waals surface area (Å²) in [5.74, 6) is 2.12. The summed E-state index contributed by atoms with van der Waals surface area (Å²) < 4.78 is 5.93. The molecule has 0 bridgehead atoms. The van der Waals surface area contributed by atoms with Crippen molar-refractivity contribution in [3.8, 4) is 0 Å². The highest BCUT2D eigenvalue weighted by atomic mass is 16.3. The summed E-state index contributed by atoms with van der Waals surface area (Å²) in [6.07, 6.45) is 4.14. The van der Waals surface area contributed by atoms with Gasteiger partial charge in [-0.2, -0.15) is 0 Å². The Balaban J connectivity index is 1.47. The number of carbonyl (C=O) groups excluding carboxylic acids is 1. The number of carbonyl (C=O) groups is 1. The van der Waals surface area contributed by atoms with Gasteiger partial charge in [0.25, 0.3) is 0 Å². The molecule has 146 valence electrons. The van der Waals surface area contributed by atoms with Gasteiger partial charge in [0.2, 0.25) is 5.91 Å². The van der Waals surface area contributed by atoms with Crippen LogP contribution in [0.4, 0.5) is 0 Å². The van der Waals surface area contributed by atoms with Crippen molar-refractivity contribution in [2.75, 3.05) is 19.6 Å². The molecule has 2 aromatic rings. The van der Waals surface area contributed by atoms with Crippen molar-refractivity contribution in [1.82, 2.24) is 16.0 Å². The van der Waals surface area contributed by atoms with E-state index in [-0.39, 0.29) is 11.8 Å². The normalized spacial score (nSPS) is 14.8. The number of amides is 1. The summed E-state index contributed by atoms with van der Waals surface area (Å²) in [4.78, 5) is 16.4. The summed E-state index contributed by atoms with van der Waals surface area (Å²) in [5, 5.41) is 10.7. The minimum atomic E-state index is 0.210. The second-order valence-corrected chi connectivity index (χ2v) is 7.04. The molecule has 27 heavy (non-hydrogen) atoms. The van der Waals surface area contributed by atoms with Gasteiger partial charge >= 0.3 is 0 Å². The lowest BCUT2D eigenvalue weighted by molar-refractivity contribution is -0.127. The fourth-order valence-corrected chi connectivity index (χ4v) is 3.19. The van der Waals surface area contributed by atoms with E-state index in [4.69, 9.17) is 4.42 Å². The van der Waals surface area contributed by atoms with Gasteiger partial charge in [0, 0.05) is 36.5 Å². The molecule has 1 heterocycles. The Bertz CT molecular complexity index is 793. The number of benzene rings is 1. The van der Waals surface area contributed by atoms with Crippen molar-refractivity contribution in [2.24, 2.45) is 10.9 Å². The predicted molar refractivity (Wildman–Crippen MR) is 109 cm³/mol. The van der Waals surface area contributed by atoms with Crippen LogP contribution in [0.25, 0.3) is 11.0 Å². The van der Waals surface area contributed by atoms with E-state index in [1.54, 1.807) is 0 Å². The Morgan fingerprint density at radius 2 is 1.96 bits per heavy atom. The first-order chi connectivity index (χ1) is 13.2. The lowest BCUT2D eigenvalue weighted by atomic mass is 9.85. The number of rotatable bonds is 8. The average Bonchev–Trinajstić information content (AvgIpc) is 2.94. The van der Waals surface area contributed by atoms with E-state index in [9.17, 15) is 4.79 Å². The van der Waals surface area contributed by atoms with E-state index in [0.29, 0.717) is 13.1 Å². The van der Waals surface area contributed by atoms with E-state index < -0.39 is 0 Å². The maximum absolute atomic E-state index is 11.8. The Hall–Kier alpha value is -2.50. The zero-order chi connectivity index (χ0) is 19.1. The highest BCUT2D eigenvalue weighted by Gasteiger charge is 2.24. The zero-order valence-corrected chi connectivity index (χ0v) is 16.3. The molecule has 1 fully saturated rings. The molecule has 6 heteroatoms. The number of hydrogen-bond donors (Lipinski definition) is 3. The monoisotopic (exact) mass is 370 g/mol. The fourth-order valence-electron chi connectivity index (χ4n) is 3.19. The van der Waals surface area contributed by atoms with Crippen LogP contribution in [-0.4, -0.2) is 31.5 Å². The van der Waals surface area contributed by atoms with Crippen molar-refractivity contribution in [1.29, 1.82) is 0 Å². The van der Waals surface area contributed by atoms with Crippen molar-refractivity contribution in [2.45, 2.75) is 46.1 Å². The second kappa shape index (κ2) is 9.44. The zero-order valence-electron chi connectivity index (χ0n) is 16.3. The average molecular weight is 370 g/mol. The van der Waals surface area contributed by atoms with Gasteiger partial charge in [0.1, 0.15) is 17.9 Å². The third kappa shape index (κ3) is 5.02. The van der Waals surface area contributed by atoms with E-state index >= 15 is 0 Å². The largest absolute Gasteiger partial charge is 0.459 e. The highest BCUT2D eigenvalue weighted by Crippen LogP contribution is 2.26. The third-order valence-electron chi connectivity index (χ3n) is 5.09. The van der Waals surface area contributed by atoms with Crippen molar-refractivity contribution in [3.63, 3.8) is 0 Å². The smallest absolute Gasteiger partial charge is 0.223 e. The SMILES string of the molecule is CCNC(=NCc1oc2ccccc2c1C)NCCCNC(=O)C1CCC1. The van der Waals surface area contributed by atoms with Crippen molar-refractivity contribution >= 4 is 22.8 Å². The van der Waals surface area contributed by atoms with Gasteiger partial charge < -0.3 is 20.4 Å². The number of nitrogens with zero attached hydrogens (tertiary/aromatic N) is 1. The molecule has 0 saturated heterocycles. The molecular weight excluding hydrogens is 340 g/mol. The summed E-state index contributed by atoms with van der Waals surface area (Å²) in [6, 6.07) is 8.06. The van der Waals surface area contributed by atoms with Gasteiger partial charge in [-0.1, -0.05) is 24.6 Å². The van der Waals surface area contributed by atoms with Crippen LogP contribution < -0.4 is 16.0 Å². The molecular formula is C21H30N4O2. The number of fused-ring (bicyclic) bond motifs is 1. The molecule has 1 amide bonds. The Morgan fingerprint density at radius 1 is 1.19 bits per heavy atom. The first-order valence-corrected chi connectivity index (χ1v) is 9.96. The third-order valence-corrected chi connectivity index (χ3v) is 5.09. The van der Waals surface area contributed by atoms with Crippen LogP contribution in [0.1, 0.15) is 43.9 Å². The molecule has 1 aromatic heterocycles. The van der Waals surface area contributed by atoms with Crippen molar-refractivity contribution < 1.29 is 9.21 Å². The quantitative estimate of drug-likeness (QED) is 0.379. The molecule has 0 unspecified atom stereocenters. The lowest BCUT2D eigenvalue weighted by Crippen LogP contribution is -2.39. The van der Waals surface area contributed by atoms with Crippen LogP contribution in [0.15, 0.2) is 33.7 Å². The van der Waals surface area contributed by atoms with Crippen LogP contribution >= 0.6 is 0 Å². The number of aliphatic imine (C=N–C) groups is 1. The number of guanidine groups is 1. The van der Waals surface area contributed by atoms with Crippen LogP contribution in [0, 0.1) is 12.8 Å². The molecule has 1 aliphatic rings. The first kappa shape index (κ1) is 19.3.